The monoisotopic (exact) mass is 358 g/mol. The zero-order valence-corrected chi connectivity index (χ0v) is 15.4. The molecule has 0 radical (unpaired) electrons. The van der Waals surface area contributed by atoms with Gasteiger partial charge in [0.2, 0.25) is 0 Å². The van der Waals surface area contributed by atoms with Gasteiger partial charge in [0, 0.05) is 24.8 Å². The van der Waals surface area contributed by atoms with Crippen LogP contribution in [0.5, 0.6) is 0 Å². The Morgan fingerprint density at radius 1 is 0.962 bits per heavy atom. The highest BCUT2D eigenvalue weighted by molar-refractivity contribution is 5.89. The Balaban J connectivity index is 1.48. The molecule has 1 saturated heterocycles. The van der Waals surface area contributed by atoms with Gasteiger partial charge in [-0.3, -0.25) is 0 Å². The van der Waals surface area contributed by atoms with Crippen molar-refractivity contribution in [1.82, 2.24) is 15.5 Å². The average Bonchev–Trinajstić information content (AvgIpc) is 2.68. The lowest BCUT2D eigenvalue weighted by atomic mass is 9.95. The highest BCUT2D eigenvalue weighted by Crippen LogP contribution is 2.20. The van der Waals surface area contributed by atoms with Crippen LogP contribution < -0.4 is 16.0 Å². The molecule has 6 heteroatoms. The second-order valence-electron chi connectivity index (χ2n) is 7.33. The first-order valence-corrected chi connectivity index (χ1v) is 9.89. The first kappa shape index (κ1) is 18.5. The predicted octanol–water partition coefficient (Wildman–Crippen LogP) is 3.70. The molecule has 0 spiro atoms. The number of carbonyl (C=O) groups excluding carboxylic acids is 2. The van der Waals surface area contributed by atoms with Gasteiger partial charge in [0.1, 0.15) is 0 Å². The summed E-state index contributed by atoms with van der Waals surface area (Å²) in [4.78, 5) is 26.7. The summed E-state index contributed by atoms with van der Waals surface area (Å²) in [6, 6.07) is 9.56. The maximum absolute atomic E-state index is 12.7. The predicted molar refractivity (Wildman–Crippen MR) is 103 cm³/mol. The Morgan fingerprint density at radius 2 is 1.69 bits per heavy atom. The van der Waals surface area contributed by atoms with E-state index in [0.717, 1.165) is 44.3 Å². The van der Waals surface area contributed by atoms with Crippen LogP contribution in [0.3, 0.4) is 0 Å². The molecule has 1 aliphatic carbocycles. The molecule has 1 atom stereocenters. The Morgan fingerprint density at radius 3 is 2.46 bits per heavy atom. The van der Waals surface area contributed by atoms with Crippen molar-refractivity contribution < 1.29 is 9.59 Å². The third-order valence-corrected chi connectivity index (χ3v) is 5.35. The van der Waals surface area contributed by atoms with Crippen molar-refractivity contribution in [3.05, 3.63) is 30.3 Å². The minimum absolute atomic E-state index is 0.0341. The molecular formula is C20H30N4O2. The number of rotatable bonds is 4. The minimum Gasteiger partial charge on any atom is -0.336 e. The minimum atomic E-state index is -0.227. The van der Waals surface area contributed by atoms with Crippen LogP contribution in [0.15, 0.2) is 30.3 Å². The number of hydrogen-bond donors (Lipinski definition) is 3. The van der Waals surface area contributed by atoms with Crippen molar-refractivity contribution in [1.29, 1.82) is 0 Å². The van der Waals surface area contributed by atoms with Crippen molar-refractivity contribution in [2.45, 2.75) is 63.5 Å². The third-order valence-electron chi connectivity index (χ3n) is 5.35. The van der Waals surface area contributed by atoms with Gasteiger partial charge in [-0.25, -0.2) is 9.59 Å². The van der Waals surface area contributed by atoms with E-state index in [4.69, 9.17) is 0 Å². The number of carbonyl (C=O) groups is 2. The van der Waals surface area contributed by atoms with Gasteiger partial charge in [0.05, 0.1) is 6.04 Å². The molecule has 2 fully saturated rings. The zero-order chi connectivity index (χ0) is 18.2. The number of anilines is 1. The van der Waals surface area contributed by atoms with E-state index in [2.05, 4.69) is 16.0 Å². The van der Waals surface area contributed by atoms with Gasteiger partial charge in [-0.2, -0.15) is 0 Å². The number of likely N-dealkylation sites (tertiary alicyclic amines) is 1. The largest absolute Gasteiger partial charge is 0.336 e. The fourth-order valence-electron chi connectivity index (χ4n) is 3.89. The Hall–Kier alpha value is -2.24. The summed E-state index contributed by atoms with van der Waals surface area (Å²) in [5, 5.41) is 8.94. The molecule has 1 aliphatic heterocycles. The maximum Gasteiger partial charge on any atom is 0.319 e. The van der Waals surface area contributed by atoms with Crippen LogP contribution in [0.4, 0.5) is 15.3 Å². The molecule has 3 rings (SSSR count). The van der Waals surface area contributed by atoms with E-state index in [-0.39, 0.29) is 18.1 Å². The van der Waals surface area contributed by atoms with Gasteiger partial charge in [-0.1, -0.05) is 37.5 Å². The first-order valence-electron chi connectivity index (χ1n) is 9.89. The molecule has 0 unspecified atom stereocenters. The number of piperidine rings is 1. The quantitative estimate of drug-likeness (QED) is 0.768. The Bertz CT molecular complexity index is 587. The smallest absolute Gasteiger partial charge is 0.319 e. The van der Waals surface area contributed by atoms with Crippen molar-refractivity contribution in [2.24, 2.45) is 0 Å². The normalized spacial score (nSPS) is 21.1. The highest BCUT2D eigenvalue weighted by atomic mass is 16.2. The zero-order valence-electron chi connectivity index (χ0n) is 15.4. The fraction of sp³-hybridized carbons (Fsp3) is 0.600. The number of para-hydroxylation sites is 1. The Kier molecular flexibility index (Phi) is 6.75. The van der Waals surface area contributed by atoms with Gasteiger partial charge in [0.25, 0.3) is 0 Å². The van der Waals surface area contributed by atoms with E-state index >= 15 is 0 Å². The van der Waals surface area contributed by atoms with Gasteiger partial charge in [-0.05, 0) is 44.2 Å². The lowest BCUT2D eigenvalue weighted by Gasteiger charge is -2.37. The first-order chi connectivity index (χ1) is 12.7. The second-order valence-corrected chi connectivity index (χ2v) is 7.33. The van der Waals surface area contributed by atoms with Crippen LogP contribution in [0.1, 0.15) is 51.4 Å². The molecular weight excluding hydrogens is 328 g/mol. The SMILES string of the molecule is O=C(NC[C@@H]1CCCCN1C(=O)NC1CCCCC1)Nc1ccccc1. The lowest BCUT2D eigenvalue weighted by Crippen LogP contribution is -2.54. The third kappa shape index (κ3) is 5.38. The average molecular weight is 358 g/mol. The summed E-state index contributed by atoms with van der Waals surface area (Å²) in [5.74, 6) is 0. The summed E-state index contributed by atoms with van der Waals surface area (Å²) >= 11 is 0. The number of urea groups is 2. The summed E-state index contributed by atoms with van der Waals surface area (Å²) < 4.78 is 0. The summed E-state index contributed by atoms with van der Waals surface area (Å²) in [6.07, 6.45) is 8.92. The molecule has 2 aliphatic rings. The van der Waals surface area contributed by atoms with Gasteiger partial charge < -0.3 is 20.9 Å². The van der Waals surface area contributed by atoms with Crippen LogP contribution in [0.2, 0.25) is 0 Å². The van der Waals surface area contributed by atoms with Gasteiger partial charge in [-0.15, -0.1) is 0 Å². The standard InChI is InChI=1S/C20H30N4O2/c25-19(22-16-9-3-1-4-10-16)21-15-18-13-7-8-14-24(18)20(26)23-17-11-5-2-6-12-17/h1,3-4,9-10,17-18H,2,5-8,11-15H2,(H,23,26)(H2,21,22,25)/t18-/m0/s1. The molecule has 1 aromatic rings. The molecule has 3 N–H and O–H groups in total. The van der Waals surface area contributed by atoms with Gasteiger partial charge in [0.15, 0.2) is 0 Å². The summed E-state index contributed by atoms with van der Waals surface area (Å²) in [7, 11) is 0. The number of amides is 4. The lowest BCUT2D eigenvalue weighted by molar-refractivity contribution is 0.145. The molecule has 0 aromatic heterocycles. The van der Waals surface area contributed by atoms with Crippen LogP contribution in [-0.4, -0.2) is 42.1 Å². The maximum atomic E-state index is 12.7. The molecule has 6 nitrogen and oxygen atoms in total. The number of nitrogens with one attached hydrogen (secondary N) is 3. The number of hydrogen-bond acceptors (Lipinski definition) is 2. The Labute approximate surface area is 155 Å². The van der Waals surface area contributed by atoms with Crippen LogP contribution in [0.25, 0.3) is 0 Å². The van der Waals surface area contributed by atoms with E-state index in [1.54, 1.807) is 0 Å². The van der Waals surface area contributed by atoms with Gasteiger partial charge >= 0.3 is 12.1 Å². The fourth-order valence-corrected chi connectivity index (χ4v) is 3.89. The van der Waals surface area contributed by atoms with Crippen molar-refractivity contribution in [3.63, 3.8) is 0 Å². The molecule has 142 valence electrons. The molecule has 1 saturated carbocycles. The molecule has 0 bridgehead atoms. The van der Waals surface area contributed by atoms with Crippen molar-refractivity contribution in [2.75, 3.05) is 18.4 Å². The van der Waals surface area contributed by atoms with Crippen molar-refractivity contribution >= 4 is 17.7 Å². The van der Waals surface area contributed by atoms with E-state index < -0.39 is 0 Å². The van der Waals surface area contributed by atoms with E-state index in [1.165, 1.54) is 19.3 Å². The molecule has 1 aromatic carbocycles. The second kappa shape index (κ2) is 9.46. The summed E-state index contributed by atoms with van der Waals surface area (Å²) in [5.41, 5.74) is 0.764. The molecule has 1 heterocycles. The van der Waals surface area contributed by atoms with Crippen LogP contribution >= 0.6 is 0 Å². The van der Waals surface area contributed by atoms with Crippen molar-refractivity contribution in [3.8, 4) is 0 Å². The van der Waals surface area contributed by atoms with Crippen LogP contribution in [0, 0.1) is 0 Å². The number of benzene rings is 1. The topological polar surface area (TPSA) is 73.5 Å². The van der Waals surface area contributed by atoms with Crippen LogP contribution in [-0.2, 0) is 0 Å². The van der Waals surface area contributed by atoms with E-state index in [9.17, 15) is 9.59 Å². The summed E-state index contributed by atoms with van der Waals surface area (Å²) in [6.45, 7) is 1.25. The van der Waals surface area contributed by atoms with E-state index in [1.807, 2.05) is 35.2 Å². The highest BCUT2D eigenvalue weighted by Gasteiger charge is 2.28. The molecule has 4 amide bonds. The van der Waals surface area contributed by atoms with E-state index in [0.29, 0.717) is 12.6 Å². The molecule has 26 heavy (non-hydrogen) atoms. The number of nitrogens with zero attached hydrogens (tertiary/aromatic N) is 1.